The Morgan fingerprint density at radius 1 is 1.25 bits per heavy atom. The molecular formula is C13H21NOS. The fourth-order valence-electron chi connectivity index (χ4n) is 1.42. The number of hydrogen-bond acceptors (Lipinski definition) is 3. The molecule has 16 heavy (non-hydrogen) atoms. The molecule has 2 N–H and O–H groups in total. The molecule has 2 nitrogen and oxygen atoms in total. The van der Waals surface area contributed by atoms with Crippen LogP contribution in [0.4, 0.5) is 0 Å². The Morgan fingerprint density at radius 3 is 2.38 bits per heavy atom. The van der Waals surface area contributed by atoms with Crippen LogP contribution < -0.4 is 5.32 Å². The summed E-state index contributed by atoms with van der Waals surface area (Å²) in [6.07, 6.45) is -0.252. The standard InChI is InChI=1S/C13H21NOS/c1-10(15)11(2)16-9-13(14-3)12-7-5-4-6-8-12/h4-8,10-11,13-15H,9H2,1-3H3. The summed E-state index contributed by atoms with van der Waals surface area (Å²) in [6.45, 7) is 3.90. The molecule has 0 heterocycles. The summed E-state index contributed by atoms with van der Waals surface area (Å²) in [5.41, 5.74) is 1.30. The largest absolute Gasteiger partial charge is 0.392 e. The molecule has 1 aromatic rings. The van der Waals surface area contributed by atoms with Crippen molar-refractivity contribution in [2.45, 2.75) is 31.2 Å². The van der Waals surface area contributed by atoms with Gasteiger partial charge in [-0.05, 0) is 19.5 Å². The van der Waals surface area contributed by atoms with Crippen LogP contribution in [-0.2, 0) is 0 Å². The van der Waals surface area contributed by atoms with E-state index in [4.69, 9.17) is 0 Å². The summed E-state index contributed by atoms with van der Waals surface area (Å²) < 4.78 is 0. The van der Waals surface area contributed by atoms with Crippen molar-refractivity contribution in [3.05, 3.63) is 35.9 Å². The first kappa shape index (κ1) is 13.6. The zero-order chi connectivity index (χ0) is 12.0. The van der Waals surface area contributed by atoms with E-state index in [-0.39, 0.29) is 11.4 Å². The molecule has 0 saturated heterocycles. The van der Waals surface area contributed by atoms with Gasteiger partial charge in [-0.2, -0.15) is 11.8 Å². The molecular weight excluding hydrogens is 218 g/mol. The van der Waals surface area contributed by atoms with E-state index in [0.717, 1.165) is 5.75 Å². The second kappa shape index (κ2) is 6.94. The molecule has 0 aliphatic rings. The van der Waals surface area contributed by atoms with Crippen LogP contribution in [0.15, 0.2) is 30.3 Å². The van der Waals surface area contributed by atoms with Crippen LogP contribution >= 0.6 is 11.8 Å². The first-order valence-electron chi connectivity index (χ1n) is 5.67. The average Bonchev–Trinajstić information content (AvgIpc) is 2.30. The van der Waals surface area contributed by atoms with E-state index in [9.17, 15) is 5.11 Å². The quantitative estimate of drug-likeness (QED) is 0.800. The molecule has 1 rings (SSSR count). The van der Waals surface area contributed by atoms with E-state index in [2.05, 4.69) is 36.5 Å². The molecule has 0 bridgehead atoms. The van der Waals surface area contributed by atoms with Gasteiger partial charge in [-0.25, -0.2) is 0 Å². The van der Waals surface area contributed by atoms with Crippen molar-refractivity contribution in [3.63, 3.8) is 0 Å². The van der Waals surface area contributed by atoms with Crippen LogP contribution in [-0.4, -0.2) is 29.3 Å². The van der Waals surface area contributed by atoms with Crippen molar-refractivity contribution in [1.82, 2.24) is 5.32 Å². The summed E-state index contributed by atoms with van der Waals surface area (Å²) in [5, 5.41) is 13.0. The van der Waals surface area contributed by atoms with Gasteiger partial charge in [0, 0.05) is 17.0 Å². The Bertz CT molecular complexity index is 289. The minimum Gasteiger partial charge on any atom is -0.392 e. The summed E-state index contributed by atoms with van der Waals surface area (Å²) in [6, 6.07) is 10.8. The zero-order valence-electron chi connectivity index (χ0n) is 10.2. The van der Waals surface area contributed by atoms with E-state index < -0.39 is 0 Å². The van der Waals surface area contributed by atoms with Gasteiger partial charge in [0.05, 0.1) is 6.10 Å². The highest BCUT2D eigenvalue weighted by Crippen LogP contribution is 2.22. The topological polar surface area (TPSA) is 32.3 Å². The molecule has 3 heteroatoms. The van der Waals surface area contributed by atoms with E-state index in [1.807, 2.05) is 20.0 Å². The Labute approximate surface area is 102 Å². The predicted octanol–water partition coefficient (Wildman–Crippen LogP) is 2.45. The van der Waals surface area contributed by atoms with Gasteiger partial charge in [-0.15, -0.1) is 0 Å². The number of benzene rings is 1. The Balaban J connectivity index is 2.50. The van der Waals surface area contributed by atoms with E-state index >= 15 is 0 Å². The predicted molar refractivity (Wildman–Crippen MR) is 71.8 cm³/mol. The van der Waals surface area contributed by atoms with Gasteiger partial charge >= 0.3 is 0 Å². The summed E-state index contributed by atoms with van der Waals surface area (Å²) >= 11 is 1.80. The van der Waals surface area contributed by atoms with Crippen molar-refractivity contribution in [3.8, 4) is 0 Å². The highest BCUT2D eigenvalue weighted by atomic mass is 32.2. The second-order valence-corrected chi connectivity index (χ2v) is 5.44. The van der Waals surface area contributed by atoms with Gasteiger partial charge in [-0.3, -0.25) is 0 Å². The maximum Gasteiger partial charge on any atom is 0.0628 e. The first-order chi connectivity index (χ1) is 7.65. The third-order valence-electron chi connectivity index (χ3n) is 2.76. The van der Waals surface area contributed by atoms with Crippen LogP contribution in [0.1, 0.15) is 25.5 Å². The van der Waals surface area contributed by atoms with Gasteiger partial charge in [0.2, 0.25) is 0 Å². The van der Waals surface area contributed by atoms with Crippen molar-refractivity contribution in [2.24, 2.45) is 0 Å². The fourth-order valence-corrected chi connectivity index (χ4v) is 2.55. The number of nitrogens with one attached hydrogen (secondary N) is 1. The molecule has 3 unspecified atom stereocenters. The lowest BCUT2D eigenvalue weighted by atomic mass is 10.1. The van der Waals surface area contributed by atoms with Crippen LogP contribution in [0.25, 0.3) is 0 Å². The maximum absolute atomic E-state index is 9.44. The second-order valence-electron chi connectivity index (χ2n) is 4.03. The van der Waals surface area contributed by atoms with E-state index in [0.29, 0.717) is 6.04 Å². The number of rotatable bonds is 6. The lowest BCUT2D eigenvalue weighted by Gasteiger charge is -2.20. The Morgan fingerprint density at radius 2 is 1.88 bits per heavy atom. The maximum atomic E-state index is 9.44. The Hall–Kier alpha value is -0.510. The third-order valence-corrected chi connectivity index (χ3v) is 4.20. The summed E-state index contributed by atoms with van der Waals surface area (Å²) in [4.78, 5) is 0. The normalized spacial score (nSPS) is 16.8. The van der Waals surface area contributed by atoms with Crippen molar-refractivity contribution in [1.29, 1.82) is 0 Å². The van der Waals surface area contributed by atoms with Gasteiger partial charge in [-0.1, -0.05) is 37.3 Å². The minimum atomic E-state index is -0.252. The van der Waals surface area contributed by atoms with Gasteiger partial charge in [0.15, 0.2) is 0 Å². The molecule has 90 valence electrons. The first-order valence-corrected chi connectivity index (χ1v) is 6.72. The van der Waals surface area contributed by atoms with Crippen LogP contribution in [0.2, 0.25) is 0 Å². The van der Waals surface area contributed by atoms with E-state index in [1.165, 1.54) is 5.56 Å². The zero-order valence-corrected chi connectivity index (χ0v) is 11.0. The lowest BCUT2D eigenvalue weighted by molar-refractivity contribution is 0.196. The monoisotopic (exact) mass is 239 g/mol. The number of aliphatic hydroxyl groups excluding tert-OH is 1. The van der Waals surface area contributed by atoms with Crippen LogP contribution in [0.3, 0.4) is 0 Å². The third kappa shape index (κ3) is 4.16. The molecule has 0 aliphatic heterocycles. The van der Waals surface area contributed by atoms with Gasteiger partial charge < -0.3 is 10.4 Å². The molecule has 1 aromatic carbocycles. The summed E-state index contributed by atoms with van der Waals surface area (Å²) in [7, 11) is 1.98. The van der Waals surface area contributed by atoms with E-state index in [1.54, 1.807) is 11.8 Å². The highest BCUT2D eigenvalue weighted by molar-refractivity contribution is 7.99. The summed E-state index contributed by atoms with van der Waals surface area (Å²) in [5.74, 6) is 0.979. The molecule has 0 spiro atoms. The Kier molecular flexibility index (Phi) is 5.88. The molecule has 3 atom stereocenters. The molecule has 0 amide bonds. The molecule has 0 aliphatic carbocycles. The highest BCUT2D eigenvalue weighted by Gasteiger charge is 2.14. The smallest absolute Gasteiger partial charge is 0.0628 e. The lowest BCUT2D eigenvalue weighted by Crippen LogP contribution is -2.22. The number of aliphatic hydroxyl groups is 1. The van der Waals surface area contributed by atoms with Gasteiger partial charge in [0.1, 0.15) is 0 Å². The molecule has 0 aromatic heterocycles. The van der Waals surface area contributed by atoms with Crippen molar-refractivity contribution in [2.75, 3.05) is 12.8 Å². The number of thioether (sulfide) groups is 1. The van der Waals surface area contributed by atoms with Gasteiger partial charge in [0.25, 0.3) is 0 Å². The fraction of sp³-hybridized carbons (Fsp3) is 0.538. The minimum absolute atomic E-state index is 0.252. The van der Waals surface area contributed by atoms with Crippen LogP contribution in [0, 0.1) is 0 Å². The van der Waals surface area contributed by atoms with Crippen LogP contribution in [0.5, 0.6) is 0 Å². The van der Waals surface area contributed by atoms with Crippen molar-refractivity contribution >= 4 is 11.8 Å². The van der Waals surface area contributed by atoms with Crippen molar-refractivity contribution < 1.29 is 5.11 Å². The number of hydrogen-bond donors (Lipinski definition) is 2. The molecule has 0 radical (unpaired) electrons. The molecule has 0 saturated carbocycles. The average molecular weight is 239 g/mol. The SMILES string of the molecule is CNC(CSC(C)C(C)O)c1ccccc1. The molecule has 0 fully saturated rings.